The van der Waals surface area contributed by atoms with Crippen LogP contribution in [0, 0.1) is 0 Å². The molecule has 4 aromatic carbocycles. The Kier molecular flexibility index (Phi) is 5.47. The number of carbonyl (C=O) groups is 2. The molecule has 2 aliphatic rings. The molecule has 2 amide bonds. The zero-order chi connectivity index (χ0) is 23.8. The highest BCUT2D eigenvalue weighted by Crippen LogP contribution is 2.39. The number of ether oxygens (including phenoxy) is 1. The molecule has 0 radical (unpaired) electrons. The second-order valence-corrected chi connectivity index (χ2v) is 9.52. The third-order valence-corrected chi connectivity index (χ3v) is 7.27. The normalized spacial score (nSPS) is 14.5. The maximum absolute atomic E-state index is 13.5. The quantitative estimate of drug-likeness (QED) is 0.280. The van der Waals surface area contributed by atoms with E-state index in [9.17, 15) is 9.59 Å². The van der Waals surface area contributed by atoms with Gasteiger partial charge in [0, 0.05) is 26.3 Å². The van der Waals surface area contributed by atoms with Crippen molar-refractivity contribution in [3.63, 3.8) is 0 Å². The van der Waals surface area contributed by atoms with E-state index in [0.717, 1.165) is 32.6 Å². The standard InChI is InChI=1S/C30H21NO3S/c32-29-25-12-6-11-24-27(35-23-9-2-1-3-10-23)18-17-26(28(24)25)30(33)31(29)21-13-15-22(16-14-21)34-19-20-7-4-5-8-20/h1-4,6-18H,5,19H2. The minimum absolute atomic E-state index is 0.315. The van der Waals surface area contributed by atoms with Crippen LogP contribution in [0.3, 0.4) is 0 Å². The van der Waals surface area contributed by atoms with Gasteiger partial charge in [-0.15, -0.1) is 0 Å². The van der Waals surface area contributed by atoms with Gasteiger partial charge in [-0.25, -0.2) is 4.90 Å². The smallest absolute Gasteiger partial charge is 0.265 e. The first-order chi connectivity index (χ1) is 17.2. The number of benzene rings is 4. The van der Waals surface area contributed by atoms with Crippen LogP contribution in [0.2, 0.25) is 0 Å². The molecule has 0 spiro atoms. The molecule has 0 saturated carbocycles. The van der Waals surface area contributed by atoms with E-state index in [1.54, 1.807) is 42.1 Å². The fourth-order valence-electron chi connectivity index (χ4n) is 4.48. The summed E-state index contributed by atoms with van der Waals surface area (Å²) in [6.07, 6.45) is 7.22. The summed E-state index contributed by atoms with van der Waals surface area (Å²) in [5.41, 5.74) is 2.74. The van der Waals surface area contributed by atoms with Gasteiger partial charge < -0.3 is 4.74 Å². The number of hydrogen-bond donors (Lipinski definition) is 0. The average molecular weight is 476 g/mol. The first-order valence-electron chi connectivity index (χ1n) is 11.4. The van der Waals surface area contributed by atoms with Crippen LogP contribution in [-0.2, 0) is 0 Å². The number of amides is 2. The van der Waals surface area contributed by atoms with E-state index in [0.29, 0.717) is 29.2 Å². The van der Waals surface area contributed by atoms with E-state index >= 15 is 0 Å². The zero-order valence-corrected chi connectivity index (χ0v) is 19.6. The molecule has 1 heterocycles. The Labute approximate surface area is 207 Å². The number of hydrogen-bond acceptors (Lipinski definition) is 4. The van der Waals surface area contributed by atoms with E-state index in [4.69, 9.17) is 4.74 Å². The van der Waals surface area contributed by atoms with Crippen molar-refractivity contribution >= 4 is 40.0 Å². The number of imide groups is 1. The highest BCUT2D eigenvalue weighted by molar-refractivity contribution is 7.99. The molecule has 0 saturated heterocycles. The Morgan fingerprint density at radius 3 is 2.31 bits per heavy atom. The molecule has 4 aromatic rings. The molecule has 4 nitrogen and oxygen atoms in total. The van der Waals surface area contributed by atoms with Crippen molar-refractivity contribution in [3.8, 4) is 5.75 Å². The first kappa shape index (κ1) is 21.4. The molecule has 0 bridgehead atoms. The van der Waals surface area contributed by atoms with Crippen molar-refractivity contribution < 1.29 is 14.3 Å². The van der Waals surface area contributed by atoms with Gasteiger partial charge in [-0.2, -0.15) is 0 Å². The van der Waals surface area contributed by atoms with Gasteiger partial charge in [0.25, 0.3) is 11.8 Å². The molecule has 0 fully saturated rings. The lowest BCUT2D eigenvalue weighted by Gasteiger charge is -2.28. The fraction of sp³-hybridized carbons (Fsp3) is 0.0667. The van der Waals surface area contributed by atoms with Crippen LogP contribution in [0.15, 0.2) is 119 Å². The van der Waals surface area contributed by atoms with Gasteiger partial charge in [0.1, 0.15) is 12.4 Å². The Balaban J connectivity index is 1.32. The highest BCUT2D eigenvalue weighted by Gasteiger charge is 2.34. The maximum Gasteiger partial charge on any atom is 0.265 e. The SMILES string of the molecule is O=C1c2cccc3c(Sc4ccccc4)ccc(c23)C(=O)N1c1ccc(OCC2=CCC=C2)cc1. The van der Waals surface area contributed by atoms with Crippen LogP contribution in [-0.4, -0.2) is 18.4 Å². The molecule has 1 aliphatic heterocycles. The molecular weight excluding hydrogens is 454 g/mol. The van der Waals surface area contributed by atoms with Crippen molar-refractivity contribution in [1.29, 1.82) is 0 Å². The number of allylic oxidation sites excluding steroid dienone is 2. The van der Waals surface area contributed by atoms with Crippen LogP contribution in [0.1, 0.15) is 27.1 Å². The van der Waals surface area contributed by atoms with Crippen LogP contribution in [0.4, 0.5) is 5.69 Å². The second-order valence-electron chi connectivity index (χ2n) is 8.40. The summed E-state index contributed by atoms with van der Waals surface area (Å²) < 4.78 is 5.84. The van der Waals surface area contributed by atoms with Crippen molar-refractivity contribution in [2.45, 2.75) is 16.2 Å². The second kappa shape index (κ2) is 8.93. The van der Waals surface area contributed by atoms with Crippen molar-refractivity contribution in [3.05, 3.63) is 120 Å². The summed E-state index contributed by atoms with van der Waals surface area (Å²) in [5.74, 6) is 0.0618. The monoisotopic (exact) mass is 475 g/mol. The van der Waals surface area contributed by atoms with Gasteiger partial charge >= 0.3 is 0 Å². The molecule has 170 valence electrons. The summed E-state index contributed by atoms with van der Waals surface area (Å²) in [6, 6.07) is 26.6. The summed E-state index contributed by atoms with van der Waals surface area (Å²) in [6.45, 7) is 0.496. The molecule has 0 atom stereocenters. The van der Waals surface area contributed by atoms with E-state index in [2.05, 4.69) is 18.2 Å². The summed E-state index contributed by atoms with van der Waals surface area (Å²) in [7, 11) is 0. The Bertz CT molecular complexity index is 1500. The lowest BCUT2D eigenvalue weighted by molar-refractivity contribution is 0.0893. The van der Waals surface area contributed by atoms with E-state index in [1.165, 1.54) is 4.90 Å². The molecule has 0 N–H and O–H groups in total. The lowest BCUT2D eigenvalue weighted by Crippen LogP contribution is -2.40. The van der Waals surface area contributed by atoms with Gasteiger partial charge in [0.05, 0.1) is 5.69 Å². The topological polar surface area (TPSA) is 46.6 Å². The third kappa shape index (κ3) is 3.94. The molecule has 5 heteroatoms. The zero-order valence-electron chi connectivity index (χ0n) is 18.8. The van der Waals surface area contributed by atoms with Gasteiger partial charge in [-0.05, 0) is 72.0 Å². The minimum atomic E-state index is -0.315. The molecule has 0 unspecified atom stereocenters. The first-order valence-corrected chi connectivity index (χ1v) is 12.3. The number of anilines is 1. The average Bonchev–Trinajstić information content (AvgIpc) is 3.42. The summed E-state index contributed by atoms with van der Waals surface area (Å²) in [4.78, 5) is 30.4. The molecule has 35 heavy (non-hydrogen) atoms. The van der Waals surface area contributed by atoms with Crippen LogP contribution in [0.25, 0.3) is 10.8 Å². The Morgan fingerprint density at radius 2 is 1.57 bits per heavy atom. The third-order valence-electron chi connectivity index (χ3n) is 6.19. The van der Waals surface area contributed by atoms with Crippen LogP contribution in [0.5, 0.6) is 5.75 Å². The summed E-state index contributed by atoms with van der Waals surface area (Å²) >= 11 is 1.63. The predicted molar refractivity (Wildman–Crippen MR) is 139 cm³/mol. The van der Waals surface area contributed by atoms with Gasteiger partial charge in [0.15, 0.2) is 0 Å². The number of rotatable bonds is 6. The molecule has 6 rings (SSSR count). The number of carbonyl (C=O) groups excluding carboxylic acids is 2. The predicted octanol–water partition coefficient (Wildman–Crippen LogP) is 7.06. The highest BCUT2D eigenvalue weighted by atomic mass is 32.2. The molecule has 0 aromatic heterocycles. The minimum Gasteiger partial charge on any atom is -0.489 e. The van der Waals surface area contributed by atoms with Crippen molar-refractivity contribution in [2.24, 2.45) is 0 Å². The van der Waals surface area contributed by atoms with Gasteiger partial charge in [-0.1, -0.05) is 60.3 Å². The van der Waals surface area contributed by atoms with Crippen LogP contribution >= 0.6 is 11.8 Å². The largest absolute Gasteiger partial charge is 0.489 e. The van der Waals surface area contributed by atoms with Crippen molar-refractivity contribution in [1.82, 2.24) is 0 Å². The van der Waals surface area contributed by atoms with Crippen LogP contribution < -0.4 is 9.64 Å². The van der Waals surface area contributed by atoms with E-state index in [-0.39, 0.29) is 11.8 Å². The van der Waals surface area contributed by atoms with Crippen molar-refractivity contribution in [2.75, 3.05) is 11.5 Å². The van der Waals surface area contributed by atoms with Gasteiger partial charge in [0.2, 0.25) is 0 Å². The van der Waals surface area contributed by atoms with E-state index < -0.39 is 0 Å². The molecular formula is C30H21NO3S. The van der Waals surface area contributed by atoms with E-state index in [1.807, 2.05) is 54.6 Å². The molecule has 1 aliphatic carbocycles. The maximum atomic E-state index is 13.5. The Morgan fingerprint density at radius 1 is 0.800 bits per heavy atom. The summed E-state index contributed by atoms with van der Waals surface area (Å²) in [5, 5.41) is 1.63. The Hall–Kier alpha value is -4.09. The lowest BCUT2D eigenvalue weighted by atomic mass is 9.93. The number of nitrogens with zero attached hydrogens (tertiary/aromatic N) is 1. The fourth-order valence-corrected chi connectivity index (χ4v) is 5.44. The van der Waals surface area contributed by atoms with Gasteiger partial charge in [-0.3, -0.25) is 9.59 Å².